The summed E-state index contributed by atoms with van der Waals surface area (Å²) >= 11 is 0. The Morgan fingerprint density at radius 1 is 1.38 bits per heavy atom. The highest BCUT2D eigenvalue weighted by molar-refractivity contribution is 5.92. The summed E-state index contributed by atoms with van der Waals surface area (Å²) in [6.45, 7) is 8.41. The first-order valence-corrected chi connectivity index (χ1v) is 5.83. The molecule has 1 unspecified atom stereocenters. The van der Waals surface area contributed by atoms with E-state index in [1.54, 1.807) is 0 Å². The molecule has 3 N–H and O–H groups in total. The number of rotatable bonds is 4. The van der Waals surface area contributed by atoms with E-state index >= 15 is 0 Å². The van der Waals surface area contributed by atoms with Crippen LogP contribution >= 0.6 is 0 Å². The van der Waals surface area contributed by atoms with Gasteiger partial charge in [0.25, 0.3) is 0 Å². The second-order valence-electron chi connectivity index (χ2n) is 5.71. The molecule has 0 aromatic heterocycles. The number of carbonyl (C=O) groups is 2. The van der Waals surface area contributed by atoms with E-state index in [2.05, 4.69) is 5.32 Å². The predicted molar refractivity (Wildman–Crippen MR) is 62.5 cm³/mol. The lowest BCUT2D eigenvalue weighted by molar-refractivity contribution is -0.139. The van der Waals surface area contributed by atoms with E-state index < -0.39 is 5.41 Å². The Bertz CT molecular complexity index is 301. The van der Waals surface area contributed by atoms with Gasteiger partial charge in [0.15, 0.2) is 0 Å². The van der Waals surface area contributed by atoms with Crippen LogP contribution in [0.25, 0.3) is 0 Å². The van der Waals surface area contributed by atoms with Crippen LogP contribution in [0.4, 0.5) is 0 Å². The van der Waals surface area contributed by atoms with Crippen molar-refractivity contribution < 1.29 is 9.59 Å². The fourth-order valence-electron chi connectivity index (χ4n) is 2.56. The number of nitrogens with one attached hydrogen (secondary N) is 1. The third kappa shape index (κ3) is 2.20. The van der Waals surface area contributed by atoms with Crippen molar-refractivity contribution in [3.05, 3.63) is 0 Å². The Labute approximate surface area is 97.0 Å². The average molecular weight is 226 g/mol. The van der Waals surface area contributed by atoms with Crippen LogP contribution in [-0.2, 0) is 9.59 Å². The zero-order valence-corrected chi connectivity index (χ0v) is 10.6. The summed E-state index contributed by atoms with van der Waals surface area (Å²) in [6.07, 6.45) is 1.48. The highest BCUT2D eigenvalue weighted by Crippen LogP contribution is 2.57. The smallest absolute Gasteiger partial charge is 0.224 e. The Morgan fingerprint density at radius 3 is 2.12 bits per heavy atom. The molecule has 2 amide bonds. The summed E-state index contributed by atoms with van der Waals surface area (Å²) in [4.78, 5) is 23.6. The molecule has 0 saturated heterocycles. The van der Waals surface area contributed by atoms with Gasteiger partial charge in [0, 0.05) is 6.54 Å². The van der Waals surface area contributed by atoms with Crippen LogP contribution in [0, 0.1) is 16.7 Å². The molecule has 0 aliphatic heterocycles. The fourth-order valence-corrected chi connectivity index (χ4v) is 2.56. The van der Waals surface area contributed by atoms with Crippen molar-refractivity contribution in [2.24, 2.45) is 22.5 Å². The number of hydrogen-bond acceptors (Lipinski definition) is 2. The van der Waals surface area contributed by atoms with Crippen molar-refractivity contribution in [1.29, 1.82) is 0 Å². The molecule has 1 aliphatic carbocycles. The average Bonchev–Trinajstić information content (AvgIpc) is 2.83. The standard InChI is InChI=1S/C12H22N2O2/c1-5-14-9(15)8(11(2,3)4)12(6-7-12)10(13)16/h8H,5-7H2,1-4H3,(H2,13,16)(H,14,15). The molecular formula is C12H22N2O2. The van der Waals surface area contributed by atoms with Crippen LogP contribution in [0.5, 0.6) is 0 Å². The Balaban J connectivity index is 2.98. The molecule has 1 aliphatic rings. The second-order valence-corrected chi connectivity index (χ2v) is 5.71. The van der Waals surface area contributed by atoms with Crippen LogP contribution in [0.3, 0.4) is 0 Å². The molecule has 0 aromatic rings. The van der Waals surface area contributed by atoms with Crippen molar-refractivity contribution in [3.8, 4) is 0 Å². The fraction of sp³-hybridized carbons (Fsp3) is 0.833. The lowest BCUT2D eigenvalue weighted by Gasteiger charge is -2.34. The number of carbonyl (C=O) groups excluding carboxylic acids is 2. The first-order valence-electron chi connectivity index (χ1n) is 5.83. The van der Waals surface area contributed by atoms with Gasteiger partial charge in [-0.05, 0) is 25.2 Å². The molecule has 1 rings (SSSR count). The largest absolute Gasteiger partial charge is 0.369 e. The lowest BCUT2D eigenvalue weighted by atomic mass is 9.70. The van der Waals surface area contributed by atoms with Crippen molar-refractivity contribution in [3.63, 3.8) is 0 Å². The third-order valence-corrected chi connectivity index (χ3v) is 3.31. The van der Waals surface area contributed by atoms with E-state index in [9.17, 15) is 9.59 Å². The summed E-state index contributed by atoms with van der Waals surface area (Å²) in [5.41, 5.74) is 4.60. The lowest BCUT2D eigenvalue weighted by Crippen LogP contribution is -2.47. The van der Waals surface area contributed by atoms with E-state index in [1.165, 1.54) is 0 Å². The molecule has 0 aromatic carbocycles. The predicted octanol–water partition coefficient (Wildman–Crippen LogP) is 1.05. The minimum atomic E-state index is -0.600. The zero-order valence-electron chi connectivity index (χ0n) is 10.6. The normalized spacial score (nSPS) is 20.0. The van der Waals surface area contributed by atoms with Crippen LogP contribution in [0.1, 0.15) is 40.5 Å². The summed E-state index contributed by atoms with van der Waals surface area (Å²) in [5, 5.41) is 2.81. The Kier molecular flexibility index (Phi) is 3.31. The Morgan fingerprint density at radius 2 is 1.88 bits per heavy atom. The number of amides is 2. The van der Waals surface area contributed by atoms with Crippen LogP contribution < -0.4 is 11.1 Å². The van der Waals surface area contributed by atoms with Gasteiger partial charge in [0.1, 0.15) is 0 Å². The molecule has 0 heterocycles. The molecule has 16 heavy (non-hydrogen) atoms. The van der Waals surface area contributed by atoms with Crippen molar-refractivity contribution in [1.82, 2.24) is 5.32 Å². The summed E-state index contributed by atoms with van der Waals surface area (Å²) < 4.78 is 0. The van der Waals surface area contributed by atoms with Gasteiger partial charge in [0.05, 0.1) is 11.3 Å². The summed E-state index contributed by atoms with van der Waals surface area (Å²) in [6, 6.07) is 0. The number of nitrogens with two attached hydrogens (primary N) is 1. The van der Waals surface area contributed by atoms with Gasteiger partial charge in [-0.1, -0.05) is 20.8 Å². The minimum absolute atomic E-state index is 0.0497. The van der Waals surface area contributed by atoms with Crippen molar-refractivity contribution in [2.75, 3.05) is 6.54 Å². The van der Waals surface area contributed by atoms with Gasteiger partial charge in [-0.25, -0.2) is 0 Å². The SMILES string of the molecule is CCNC(=O)C(C(C)(C)C)C1(C(N)=O)CC1. The van der Waals surface area contributed by atoms with Crippen molar-refractivity contribution >= 4 is 11.8 Å². The molecule has 4 nitrogen and oxygen atoms in total. The third-order valence-electron chi connectivity index (χ3n) is 3.31. The first kappa shape index (κ1) is 13.0. The zero-order chi connectivity index (χ0) is 12.6. The van der Waals surface area contributed by atoms with Gasteiger partial charge >= 0.3 is 0 Å². The molecule has 1 saturated carbocycles. The molecule has 92 valence electrons. The van der Waals surface area contributed by atoms with Crippen LogP contribution in [0.15, 0.2) is 0 Å². The summed E-state index contributed by atoms with van der Waals surface area (Å²) in [5.74, 6) is -0.706. The second kappa shape index (κ2) is 4.07. The van der Waals surface area contributed by atoms with E-state index in [1.807, 2.05) is 27.7 Å². The Hall–Kier alpha value is -1.06. The van der Waals surface area contributed by atoms with E-state index in [4.69, 9.17) is 5.73 Å². The van der Waals surface area contributed by atoms with Gasteiger partial charge in [0.2, 0.25) is 11.8 Å². The van der Waals surface area contributed by atoms with Gasteiger partial charge in [-0.15, -0.1) is 0 Å². The van der Waals surface area contributed by atoms with Gasteiger partial charge < -0.3 is 11.1 Å². The quantitative estimate of drug-likeness (QED) is 0.752. The first-order chi connectivity index (χ1) is 7.25. The number of primary amides is 1. The van der Waals surface area contributed by atoms with Gasteiger partial charge in [-0.3, -0.25) is 9.59 Å². The maximum atomic E-state index is 12.1. The highest BCUT2D eigenvalue weighted by Gasteiger charge is 2.60. The molecule has 0 bridgehead atoms. The molecular weight excluding hydrogens is 204 g/mol. The van der Waals surface area contributed by atoms with Crippen molar-refractivity contribution in [2.45, 2.75) is 40.5 Å². The monoisotopic (exact) mass is 226 g/mol. The maximum absolute atomic E-state index is 12.1. The van der Waals surface area contributed by atoms with Crippen LogP contribution in [0.2, 0.25) is 0 Å². The molecule has 0 radical (unpaired) electrons. The van der Waals surface area contributed by atoms with E-state index in [-0.39, 0.29) is 23.1 Å². The maximum Gasteiger partial charge on any atom is 0.224 e. The van der Waals surface area contributed by atoms with Crippen LogP contribution in [-0.4, -0.2) is 18.4 Å². The van der Waals surface area contributed by atoms with E-state index in [0.29, 0.717) is 6.54 Å². The highest BCUT2D eigenvalue weighted by atomic mass is 16.2. The minimum Gasteiger partial charge on any atom is -0.369 e. The number of hydrogen-bond donors (Lipinski definition) is 2. The topological polar surface area (TPSA) is 72.2 Å². The van der Waals surface area contributed by atoms with E-state index in [0.717, 1.165) is 12.8 Å². The molecule has 1 atom stereocenters. The molecule has 0 spiro atoms. The molecule has 1 fully saturated rings. The molecule has 4 heteroatoms. The summed E-state index contributed by atoms with van der Waals surface area (Å²) in [7, 11) is 0. The van der Waals surface area contributed by atoms with Gasteiger partial charge in [-0.2, -0.15) is 0 Å².